The van der Waals surface area contributed by atoms with Crippen LogP contribution in [0.5, 0.6) is 0 Å². The topological polar surface area (TPSA) is 79.5 Å². The number of piperazine rings is 1. The predicted molar refractivity (Wildman–Crippen MR) is 145 cm³/mol. The number of nitrogens with zero attached hydrogens (tertiary/aromatic N) is 4. The van der Waals surface area contributed by atoms with Crippen LogP contribution in [0.3, 0.4) is 0 Å². The number of hydrogen-bond donors (Lipinski definition) is 0. The summed E-state index contributed by atoms with van der Waals surface area (Å²) in [5.74, 6) is -1.05. The second kappa shape index (κ2) is 9.20. The van der Waals surface area contributed by atoms with E-state index in [1.165, 1.54) is 17.0 Å². The first-order chi connectivity index (χ1) is 17.9. The van der Waals surface area contributed by atoms with E-state index in [0.29, 0.717) is 41.1 Å². The number of pyridine rings is 2. The van der Waals surface area contributed by atoms with E-state index >= 15 is 0 Å². The molecule has 0 spiro atoms. The third-order valence-corrected chi connectivity index (χ3v) is 7.21. The van der Waals surface area contributed by atoms with Crippen LogP contribution >= 0.6 is 11.6 Å². The fourth-order valence-electron chi connectivity index (χ4n) is 4.76. The molecule has 7 nitrogen and oxygen atoms in total. The van der Waals surface area contributed by atoms with Crippen molar-refractivity contribution in [1.82, 2.24) is 14.9 Å². The smallest absolute Gasteiger partial charge is 0.290 e. The number of fused-ring (bicyclic) bond motifs is 1. The Hall–Kier alpha value is -3.78. The molecule has 1 aliphatic rings. The summed E-state index contributed by atoms with van der Waals surface area (Å²) in [6, 6.07) is 11.6. The Morgan fingerprint density at radius 3 is 2.55 bits per heavy atom. The number of amides is 2. The van der Waals surface area contributed by atoms with E-state index in [0.717, 1.165) is 5.56 Å². The highest BCUT2D eigenvalue weighted by Crippen LogP contribution is 2.36. The Morgan fingerprint density at radius 2 is 1.89 bits per heavy atom. The highest BCUT2D eigenvalue weighted by atomic mass is 35.5. The highest BCUT2D eigenvalue weighted by Gasteiger charge is 2.45. The van der Waals surface area contributed by atoms with Gasteiger partial charge in [0.2, 0.25) is 0 Å². The Kier molecular flexibility index (Phi) is 6.26. The number of halogens is 2. The molecule has 2 amide bonds. The van der Waals surface area contributed by atoms with Crippen LogP contribution in [0.2, 0.25) is 5.02 Å². The maximum absolute atomic E-state index is 14.2. The lowest BCUT2D eigenvalue weighted by atomic mass is 9.86. The van der Waals surface area contributed by atoms with Gasteiger partial charge in [-0.25, -0.2) is 9.37 Å². The molecule has 1 aromatic carbocycles. The van der Waals surface area contributed by atoms with E-state index in [2.05, 4.69) is 9.97 Å². The Labute approximate surface area is 225 Å². The van der Waals surface area contributed by atoms with Gasteiger partial charge >= 0.3 is 0 Å². The van der Waals surface area contributed by atoms with Crippen LogP contribution in [-0.2, 0) is 10.2 Å². The fraction of sp³-hybridized carbons (Fsp3) is 0.310. The predicted octanol–water partition coefficient (Wildman–Crippen LogP) is 6.25. The van der Waals surface area contributed by atoms with Crippen LogP contribution in [0, 0.1) is 5.82 Å². The molecule has 1 fully saturated rings. The minimum Gasteiger partial charge on any atom is -0.449 e. The molecular weight excluding hydrogens is 507 g/mol. The summed E-state index contributed by atoms with van der Waals surface area (Å²) in [4.78, 5) is 39.1. The molecule has 0 saturated carbocycles. The molecule has 0 bridgehead atoms. The van der Waals surface area contributed by atoms with Crippen molar-refractivity contribution < 1.29 is 18.4 Å². The molecule has 4 heterocycles. The van der Waals surface area contributed by atoms with Gasteiger partial charge < -0.3 is 14.2 Å². The van der Waals surface area contributed by atoms with Gasteiger partial charge in [0.1, 0.15) is 16.9 Å². The van der Waals surface area contributed by atoms with Crippen LogP contribution < -0.4 is 4.90 Å². The van der Waals surface area contributed by atoms with Gasteiger partial charge in [-0.1, -0.05) is 38.4 Å². The zero-order valence-corrected chi connectivity index (χ0v) is 22.6. The summed E-state index contributed by atoms with van der Waals surface area (Å²) in [5, 5.41) is 0.0304. The zero-order valence-electron chi connectivity index (χ0n) is 21.9. The summed E-state index contributed by atoms with van der Waals surface area (Å²) in [6.07, 6.45) is 3.28. The maximum Gasteiger partial charge on any atom is 0.290 e. The van der Waals surface area contributed by atoms with Crippen molar-refractivity contribution in [2.75, 3.05) is 18.0 Å². The zero-order chi connectivity index (χ0) is 27.4. The number of carbonyl (C=O) groups excluding carboxylic acids is 2. The molecule has 9 heteroatoms. The van der Waals surface area contributed by atoms with Crippen molar-refractivity contribution in [3.63, 3.8) is 0 Å². The first kappa shape index (κ1) is 25.9. The first-order valence-corrected chi connectivity index (χ1v) is 12.7. The number of hydrogen-bond acceptors (Lipinski definition) is 5. The molecular formula is C29H28ClFN4O3. The lowest BCUT2D eigenvalue weighted by molar-refractivity contribution is -0.129. The highest BCUT2D eigenvalue weighted by molar-refractivity contribution is 6.30. The fourth-order valence-corrected chi connectivity index (χ4v) is 4.88. The van der Waals surface area contributed by atoms with E-state index in [-0.39, 0.29) is 22.1 Å². The van der Waals surface area contributed by atoms with Gasteiger partial charge in [-0.15, -0.1) is 0 Å². The van der Waals surface area contributed by atoms with Crippen LogP contribution in [-0.4, -0.2) is 45.3 Å². The summed E-state index contributed by atoms with van der Waals surface area (Å²) >= 11 is 5.87. The van der Waals surface area contributed by atoms with Gasteiger partial charge in [-0.05, 0) is 49.6 Å². The van der Waals surface area contributed by atoms with Crippen molar-refractivity contribution in [3.8, 4) is 11.3 Å². The van der Waals surface area contributed by atoms with Gasteiger partial charge in [0.25, 0.3) is 11.8 Å². The third kappa shape index (κ3) is 4.43. The largest absolute Gasteiger partial charge is 0.449 e. The van der Waals surface area contributed by atoms with E-state index in [4.69, 9.17) is 16.0 Å². The summed E-state index contributed by atoms with van der Waals surface area (Å²) in [5.41, 5.74) is 2.10. The molecule has 0 atom stereocenters. The quantitative estimate of drug-likeness (QED) is 0.310. The molecule has 0 N–H and O–H groups in total. The number of rotatable bonds is 3. The second-order valence-corrected chi connectivity index (χ2v) is 11.3. The van der Waals surface area contributed by atoms with Gasteiger partial charge in [0.15, 0.2) is 11.3 Å². The maximum atomic E-state index is 14.2. The number of furan rings is 1. The van der Waals surface area contributed by atoms with Gasteiger partial charge in [-0.2, -0.15) is 0 Å². The molecule has 0 unspecified atom stereocenters. The molecule has 1 aliphatic heterocycles. The molecule has 4 aromatic rings. The SMILES string of the molecule is CC(C)(C)c1cc(-c2ccc(Cl)c(F)c2)nc2cc(C(=O)N3CCN(c4cccnc4)C(=O)C3(C)C)oc12. The molecule has 1 saturated heterocycles. The number of benzene rings is 1. The van der Waals surface area contributed by atoms with E-state index < -0.39 is 17.3 Å². The molecule has 3 aromatic heterocycles. The summed E-state index contributed by atoms with van der Waals surface area (Å²) < 4.78 is 20.3. The van der Waals surface area contributed by atoms with Gasteiger partial charge in [0.05, 0.1) is 22.6 Å². The number of carbonyl (C=O) groups is 2. The van der Waals surface area contributed by atoms with Crippen LogP contribution in [0.1, 0.15) is 50.7 Å². The lowest BCUT2D eigenvalue weighted by Gasteiger charge is -2.45. The monoisotopic (exact) mass is 534 g/mol. The minimum absolute atomic E-state index is 0.0304. The van der Waals surface area contributed by atoms with Gasteiger partial charge in [0, 0.05) is 36.5 Å². The van der Waals surface area contributed by atoms with E-state index in [1.54, 1.807) is 49.3 Å². The molecule has 196 valence electrons. The van der Waals surface area contributed by atoms with Crippen LogP contribution in [0.15, 0.2) is 59.3 Å². The number of aromatic nitrogens is 2. The Morgan fingerprint density at radius 1 is 1.13 bits per heavy atom. The second-order valence-electron chi connectivity index (χ2n) is 10.9. The van der Waals surface area contributed by atoms with Crippen molar-refractivity contribution in [1.29, 1.82) is 0 Å². The first-order valence-electron chi connectivity index (χ1n) is 12.3. The Bertz CT molecular complexity index is 1560. The lowest BCUT2D eigenvalue weighted by Crippen LogP contribution is -2.64. The van der Waals surface area contributed by atoms with Crippen LogP contribution in [0.25, 0.3) is 22.4 Å². The average Bonchev–Trinajstić information content (AvgIpc) is 3.30. The Balaban J connectivity index is 1.53. The van der Waals surface area contributed by atoms with E-state index in [1.807, 2.05) is 32.9 Å². The molecule has 0 aliphatic carbocycles. The third-order valence-electron chi connectivity index (χ3n) is 6.91. The normalized spacial score (nSPS) is 15.8. The minimum atomic E-state index is -1.11. The standard InChI is InChI=1S/C29H28ClFN4O3/c1-28(2,3)19-14-22(17-8-9-20(30)21(31)13-17)33-23-15-24(38-25(19)23)26(36)35-12-11-34(27(37)29(35,4)5)18-7-6-10-32-16-18/h6-10,13-16H,11-12H2,1-5H3. The summed E-state index contributed by atoms with van der Waals surface area (Å²) in [6.45, 7) is 10.2. The van der Waals surface area contributed by atoms with Crippen molar-refractivity contribution in [3.05, 3.63) is 77.0 Å². The summed E-state index contributed by atoms with van der Waals surface area (Å²) in [7, 11) is 0. The van der Waals surface area contributed by atoms with Crippen molar-refractivity contribution in [2.45, 2.75) is 45.6 Å². The van der Waals surface area contributed by atoms with Gasteiger partial charge in [-0.3, -0.25) is 14.6 Å². The van der Waals surface area contributed by atoms with Crippen LogP contribution in [0.4, 0.5) is 10.1 Å². The van der Waals surface area contributed by atoms with Crippen molar-refractivity contribution in [2.24, 2.45) is 0 Å². The molecule has 38 heavy (non-hydrogen) atoms. The molecule has 5 rings (SSSR count). The van der Waals surface area contributed by atoms with E-state index in [9.17, 15) is 14.0 Å². The number of anilines is 1. The van der Waals surface area contributed by atoms with Crippen molar-refractivity contribution >= 4 is 40.2 Å². The molecule has 0 radical (unpaired) electrons. The average molecular weight is 535 g/mol.